The summed E-state index contributed by atoms with van der Waals surface area (Å²) in [5, 5.41) is 9.16. The Morgan fingerprint density at radius 1 is 1.20 bits per heavy atom. The van der Waals surface area contributed by atoms with E-state index in [2.05, 4.69) is 15.0 Å². The average Bonchev–Trinajstić information content (AvgIpc) is 2.60. The van der Waals surface area contributed by atoms with Crippen LogP contribution in [0, 0.1) is 17.2 Å². The molecule has 0 saturated carbocycles. The number of nitrogens with zero attached hydrogens (tertiary/aromatic N) is 5. The Morgan fingerprint density at radius 2 is 1.92 bits per heavy atom. The van der Waals surface area contributed by atoms with Gasteiger partial charge in [0.05, 0.1) is 23.2 Å². The maximum absolute atomic E-state index is 13.2. The highest BCUT2D eigenvalue weighted by atomic mass is 19.4. The minimum Gasteiger partial charge on any atom is -0.367 e. The van der Waals surface area contributed by atoms with Crippen molar-refractivity contribution in [2.75, 3.05) is 18.0 Å². The van der Waals surface area contributed by atoms with Gasteiger partial charge in [0.2, 0.25) is 6.08 Å². The molecule has 2 aromatic rings. The number of aliphatic imine (C=N–C) groups is 1. The molecule has 6 nitrogen and oxygen atoms in total. The van der Waals surface area contributed by atoms with Gasteiger partial charge in [0, 0.05) is 25.5 Å². The number of alkyl halides is 3. The highest BCUT2D eigenvalue weighted by molar-refractivity contribution is 5.92. The van der Waals surface area contributed by atoms with Crippen molar-refractivity contribution in [1.29, 1.82) is 5.26 Å². The van der Waals surface area contributed by atoms with Crippen LogP contribution in [0.15, 0.2) is 29.5 Å². The number of isocyanates is 1. The van der Waals surface area contributed by atoms with Crippen LogP contribution in [0.3, 0.4) is 0 Å². The van der Waals surface area contributed by atoms with E-state index in [1.54, 1.807) is 6.07 Å². The van der Waals surface area contributed by atoms with Crippen LogP contribution in [0.2, 0.25) is 0 Å². The molecule has 1 aliphatic heterocycles. The van der Waals surface area contributed by atoms with Gasteiger partial charge in [0.25, 0.3) is 0 Å². The van der Waals surface area contributed by atoms with E-state index in [0.717, 1.165) is 0 Å². The molecule has 0 radical (unpaired) electrons. The summed E-state index contributed by atoms with van der Waals surface area (Å²) < 4.78 is 39.7. The monoisotopic (exact) mass is 347 g/mol. The molecule has 1 fully saturated rings. The van der Waals surface area contributed by atoms with Crippen molar-refractivity contribution >= 4 is 22.8 Å². The summed E-state index contributed by atoms with van der Waals surface area (Å²) in [6.07, 6.45) is -0.474. The second-order valence-corrected chi connectivity index (χ2v) is 5.75. The quantitative estimate of drug-likeness (QED) is 0.616. The van der Waals surface area contributed by atoms with Crippen molar-refractivity contribution in [3.63, 3.8) is 0 Å². The third kappa shape index (κ3) is 3.30. The Kier molecular flexibility index (Phi) is 4.38. The number of piperidine rings is 1. The van der Waals surface area contributed by atoms with Gasteiger partial charge in [-0.2, -0.15) is 18.4 Å². The van der Waals surface area contributed by atoms with Gasteiger partial charge < -0.3 is 4.90 Å². The molecule has 3 rings (SSSR count). The van der Waals surface area contributed by atoms with Gasteiger partial charge in [0.15, 0.2) is 0 Å². The first-order chi connectivity index (χ1) is 11.9. The van der Waals surface area contributed by atoms with E-state index < -0.39 is 18.1 Å². The summed E-state index contributed by atoms with van der Waals surface area (Å²) in [7, 11) is 0. The molecule has 0 spiro atoms. The molecule has 2 heterocycles. The van der Waals surface area contributed by atoms with Crippen molar-refractivity contribution in [3.8, 4) is 6.07 Å². The van der Waals surface area contributed by atoms with Crippen molar-refractivity contribution < 1.29 is 18.0 Å². The van der Waals surface area contributed by atoms with Crippen LogP contribution in [0.1, 0.15) is 12.0 Å². The second kappa shape index (κ2) is 6.49. The van der Waals surface area contributed by atoms with Gasteiger partial charge in [-0.25, -0.2) is 9.79 Å². The van der Waals surface area contributed by atoms with Crippen molar-refractivity contribution in [2.24, 2.45) is 10.9 Å². The average molecular weight is 347 g/mol. The zero-order valence-electron chi connectivity index (χ0n) is 12.9. The van der Waals surface area contributed by atoms with Crippen LogP contribution in [0.25, 0.3) is 11.0 Å². The lowest BCUT2D eigenvalue weighted by molar-refractivity contribution is -0.176. The fourth-order valence-corrected chi connectivity index (χ4v) is 3.06. The zero-order chi connectivity index (χ0) is 18.0. The fraction of sp³-hybridized carbons (Fsp3) is 0.375. The molecule has 128 valence electrons. The lowest BCUT2D eigenvalue weighted by Crippen LogP contribution is -2.47. The summed E-state index contributed by atoms with van der Waals surface area (Å²) in [4.78, 5) is 23.8. The molecule has 1 aliphatic rings. The molecule has 1 aromatic heterocycles. The Labute approximate surface area is 140 Å². The first-order valence-corrected chi connectivity index (χ1v) is 7.46. The van der Waals surface area contributed by atoms with Gasteiger partial charge in [-0.05, 0) is 18.6 Å². The molecule has 0 amide bonds. The lowest BCUT2D eigenvalue weighted by atomic mass is 9.93. The number of benzene rings is 1. The van der Waals surface area contributed by atoms with E-state index >= 15 is 0 Å². The van der Waals surface area contributed by atoms with E-state index in [9.17, 15) is 18.0 Å². The summed E-state index contributed by atoms with van der Waals surface area (Å²) in [6.45, 7) is -0.134. The Morgan fingerprint density at radius 3 is 2.56 bits per heavy atom. The highest BCUT2D eigenvalue weighted by Crippen LogP contribution is 2.37. The van der Waals surface area contributed by atoms with Crippen LogP contribution in [0.5, 0.6) is 0 Å². The second-order valence-electron chi connectivity index (χ2n) is 5.75. The van der Waals surface area contributed by atoms with Crippen LogP contribution >= 0.6 is 0 Å². The van der Waals surface area contributed by atoms with Crippen molar-refractivity contribution in [2.45, 2.75) is 18.6 Å². The topological polar surface area (TPSA) is 82.2 Å². The maximum Gasteiger partial charge on any atom is 0.393 e. The molecule has 1 saturated heterocycles. The van der Waals surface area contributed by atoms with E-state index in [1.807, 2.05) is 6.07 Å². The van der Waals surface area contributed by atoms with Gasteiger partial charge in [-0.15, -0.1) is 0 Å². The Hall–Kier alpha value is -2.98. The highest BCUT2D eigenvalue weighted by Gasteiger charge is 2.45. The first-order valence-electron chi connectivity index (χ1n) is 7.46. The number of anilines is 1. The molecule has 0 N–H and O–H groups in total. The summed E-state index contributed by atoms with van der Waals surface area (Å²) in [5.74, 6) is -1.62. The predicted octanol–water partition coefficient (Wildman–Crippen LogP) is 2.59. The number of fused-ring (bicyclic) bond motifs is 1. The van der Waals surface area contributed by atoms with Crippen molar-refractivity contribution in [3.05, 3.63) is 30.1 Å². The van der Waals surface area contributed by atoms with E-state index in [4.69, 9.17) is 5.26 Å². The van der Waals surface area contributed by atoms with Crippen molar-refractivity contribution in [1.82, 2.24) is 9.97 Å². The maximum atomic E-state index is 13.2. The molecule has 1 aromatic carbocycles. The third-order valence-electron chi connectivity index (χ3n) is 4.19. The fourth-order valence-electron chi connectivity index (χ4n) is 3.06. The number of carbonyl (C=O) groups excluding carboxylic acids is 1. The van der Waals surface area contributed by atoms with Crippen LogP contribution in [-0.4, -0.2) is 41.4 Å². The van der Waals surface area contributed by atoms with Crippen LogP contribution in [0.4, 0.5) is 18.9 Å². The number of halogens is 3. The van der Waals surface area contributed by atoms with E-state index in [-0.39, 0.29) is 19.5 Å². The minimum atomic E-state index is -4.40. The SMILES string of the molecule is N#Cc1ccc(N2C[C@H](N=C=O)C[C@H](C(F)(F)F)C2)c2nccnc12. The predicted molar refractivity (Wildman–Crippen MR) is 82.5 cm³/mol. The molecular weight excluding hydrogens is 335 g/mol. The molecule has 2 atom stereocenters. The summed E-state index contributed by atoms with van der Waals surface area (Å²) >= 11 is 0. The zero-order valence-corrected chi connectivity index (χ0v) is 12.9. The standard InChI is InChI=1S/C16H12F3N5O/c17-16(18,19)11-5-12(23-9-25)8-24(7-11)13-2-1-10(6-20)14-15(13)22-4-3-21-14/h1-4,11-12H,5,7-8H2/t11-,12+/m0/s1. The molecule has 0 unspecified atom stereocenters. The van der Waals surface area contributed by atoms with Gasteiger partial charge in [0.1, 0.15) is 17.1 Å². The van der Waals surface area contributed by atoms with E-state index in [1.165, 1.54) is 29.4 Å². The molecule has 0 aliphatic carbocycles. The van der Waals surface area contributed by atoms with Gasteiger partial charge >= 0.3 is 6.18 Å². The third-order valence-corrected chi connectivity index (χ3v) is 4.19. The Balaban J connectivity index is 2.07. The smallest absolute Gasteiger partial charge is 0.367 e. The van der Waals surface area contributed by atoms with Gasteiger partial charge in [-0.3, -0.25) is 9.97 Å². The number of nitriles is 1. The van der Waals surface area contributed by atoms with Crippen LogP contribution in [-0.2, 0) is 4.79 Å². The molecule has 25 heavy (non-hydrogen) atoms. The number of hydrogen-bond donors (Lipinski definition) is 0. The van der Waals surface area contributed by atoms with Gasteiger partial charge in [-0.1, -0.05) is 0 Å². The van der Waals surface area contributed by atoms with E-state index in [0.29, 0.717) is 22.3 Å². The number of aromatic nitrogens is 2. The Bertz CT molecular complexity index is 885. The molecule has 9 heteroatoms. The first kappa shape index (κ1) is 16.9. The number of hydrogen-bond acceptors (Lipinski definition) is 6. The minimum absolute atomic E-state index is 0.138. The normalized spacial score (nSPS) is 20.8. The molecule has 0 bridgehead atoms. The summed E-state index contributed by atoms with van der Waals surface area (Å²) in [6, 6.07) is 4.24. The summed E-state index contributed by atoms with van der Waals surface area (Å²) in [5.41, 5.74) is 1.39. The van der Waals surface area contributed by atoms with Crippen LogP contribution < -0.4 is 4.90 Å². The molecular formula is C16H12F3N5O. The largest absolute Gasteiger partial charge is 0.393 e. The lowest BCUT2D eigenvalue weighted by Gasteiger charge is -2.38. The number of rotatable bonds is 2.